The first kappa shape index (κ1) is 12.8. The fourth-order valence-electron chi connectivity index (χ4n) is 1.52. The number of ether oxygens (including phenoxy) is 1. The van der Waals surface area contributed by atoms with Crippen molar-refractivity contribution in [3.63, 3.8) is 0 Å². The van der Waals surface area contributed by atoms with Gasteiger partial charge in [0.15, 0.2) is 0 Å². The third-order valence-electron chi connectivity index (χ3n) is 2.41. The minimum Gasteiger partial charge on any atom is -0.383 e. The Kier molecular flexibility index (Phi) is 6.05. The van der Waals surface area contributed by atoms with Crippen LogP contribution in [0.5, 0.6) is 0 Å². The van der Waals surface area contributed by atoms with Crippen molar-refractivity contribution in [2.45, 2.75) is 25.4 Å². The predicted molar refractivity (Wildman–Crippen MR) is 63.2 cm³/mol. The third-order valence-corrected chi connectivity index (χ3v) is 3.58. The highest BCUT2D eigenvalue weighted by atomic mass is 32.2. The van der Waals surface area contributed by atoms with Crippen molar-refractivity contribution in [3.05, 3.63) is 0 Å². The van der Waals surface area contributed by atoms with Crippen LogP contribution in [0.1, 0.15) is 13.3 Å². The van der Waals surface area contributed by atoms with Crippen molar-refractivity contribution in [1.82, 2.24) is 10.6 Å². The molecule has 1 amide bonds. The number of hydrogen-bond acceptors (Lipinski definition) is 4. The number of amides is 1. The van der Waals surface area contributed by atoms with Gasteiger partial charge in [0.05, 0.1) is 12.6 Å². The SMILES string of the molecule is COCCNC(=O)C(C)NC1CCSC1. The first-order chi connectivity index (χ1) is 7.24. The molecule has 0 spiro atoms. The van der Waals surface area contributed by atoms with E-state index in [9.17, 15) is 4.79 Å². The van der Waals surface area contributed by atoms with Gasteiger partial charge in [0.2, 0.25) is 5.91 Å². The molecule has 2 N–H and O–H groups in total. The van der Waals surface area contributed by atoms with Gasteiger partial charge in [0.1, 0.15) is 0 Å². The van der Waals surface area contributed by atoms with E-state index in [0.717, 1.165) is 5.75 Å². The van der Waals surface area contributed by atoms with Crippen molar-refractivity contribution in [3.8, 4) is 0 Å². The summed E-state index contributed by atoms with van der Waals surface area (Å²) in [6, 6.07) is 0.392. The van der Waals surface area contributed by atoms with Crippen LogP contribution in [0.25, 0.3) is 0 Å². The lowest BCUT2D eigenvalue weighted by atomic mass is 10.2. The zero-order valence-electron chi connectivity index (χ0n) is 9.41. The molecule has 0 aromatic heterocycles. The summed E-state index contributed by atoms with van der Waals surface area (Å²) in [6.45, 7) is 3.06. The molecule has 15 heavy (non-hydrogen) atoms. The van der Waals surface area contributed by atoms with Gasteiger partial charge in [-0.1, -0.05) is 0 Å². The number of nitrogens with one attached hydrogen (secondary N) is 2. The first-order valence-electron chi connectivity index (χ1n) is 5.34. The Hall–Kier alpha value is -0.260. The van der Waals surface area contributed by atoms with Crippen molar-refractivity contribution in [2.75, 3.05) is 31.8 Å². The fourth-order valence-corrected chi connectivity index (χ4v) is 2.69. The van der Waals surface area contributed by atoms with E-state index >= 15 is 0 Å². The van der Waals surface area contributed by atoms with E-state index in [1.54, 1.807) is 7.11 Å². The molecule has 5 heteroatoms. The molecule has 0 bridgehead atoms. The lowest BCUT2D eigenvalue weighted by Gasteiger charge is -2.18. The van der Waals surface area contributed by atoms with Gasteiger partial charge < -0.3 is 15.4 Å². The molecule has 1 heterocycles. The molecule has 2 unspecified atom stereocenters. The molecule has 2 atom stereocenters. The number of hydrogen-bond donors (Lipinski definition) is 2. The molecule has 1 rings (SSSR count). The molecule has 0 saturated carbocycles. The van der Waals surface area contributed by atoms with Crippen molar-refractivity contribution >= 4 is 17.7 Å². The van der Waals surface area contributed by atoms with Crippen LogP contribution in [-0.2, 0) is 9.53 Å². The van der Waals surface area contributed by atoms with Crippen LogP contribution in [0.15, 0.2) is 0 Å². The van der Waals surface area contributed by atoms with Gasteiger partial charge >= 0.3 is 0 Å². The highest BCUT2D eigenvalue weighted by molar-refractivity contribution is 7.99. The Morgan fingerprint density at radius 1 is 1.67 bits per heavy atom. The molecule has 4 nitrogen and oxygen atoms in total. The molecule has 1 aliphatic heterocycles. The summed E-state index contributed by atoms with van der Waals surface area (Å²) in [4.78, 5) is 11.6. The molecule has 88 valence electrons. The van der Waals surface area contributed by atoms with Crippen LogP contribution in [0, 0.1) is 0 Å². The molecule has 0 radical (unpaired) electrons. The monoisotopic (exact) mass is 232 g/mol. The highest BCUT2D eigenvalue weighted by Gasteiger charge is 2.20. The van der Waals surface area contributed by atoms with Gasteiger partial charge in [0.25, 0.3) is 0 Å². The van der Waals surface area contributed by atoms with Crippen LogP contribution in [-0.4, -0.2) is 49.8 Å². The van der Waals surface area contributed by atoms with Gasteiger partial charge in [-0.3, -0.25) is 4.79 Å². The van der Waals surface area contributed by atoms with Gasteiger partial charge in [-0.2, -0.15) is 11.8 Å². The maximum atomic E-state index is 11.6. The molecular formula is C10H20N2O2S. The minimum absolute atomic E-state index is 0.0592. The number of thioether (sulfide) groups is 1. The van der Waals surface area contributed by atoms with E-state index in [1.807, 2.05) is 18.7 Å². The molecule has 1 fully saturated rings. The molecular weight excluding hydrogens is 212 g/mol. The average Bonchev–Trinajstić information content (AvgIpc) is 2.70. The van der Waals surface area contributed by atoms with Gasteiger partial charge in [-0.25, -0.2) is 0 Å². The fraction of sp³-hybridized carbons (Fsp3) is 0.900. The van der Waals surface area contributed by atoms with Crippen LogP contribution in [0.4, 0.5) is 0 Å². The lowest BCUT2D eigenvalue weighted by molar-refractivity contribution is -0.123. The van der Waals surface area contributed by atoms with E-state index < -0.39 is 0 Å². The van der Waals surface area contributed by atoms with Gasteiger partial charge in [0, 0.05) is 25.4 Å². The second kappa shape index (κ2) is 7.09. The zero-order valence-corrected chi connectivity index (χ0v) is 10.2. The number of carbonyl (C=O) groups is 1. The summed E-state index contributed by atoms with van der Waals surface area (Å²) >= 11 is 1.94. The normalized spacial score (nSPS) is 22.7. The van der Waals surface area contributed by atoms with Gasteiger partial charge in [-0.05, 0) is 19.1 Å². The smallest absolute Gasteiger partial charge is 0.236 e. The highest BCUT2D eigenvalue weighted by Crippen LogP contribution is 2.17. The van der Waals surface area contributed by atoms with Crippen LogP contribution < -0.4 is 10.6 Å². The van der Waals surface area contributed by atoms with E-state index in [-0.39, 0.29) is 11.9 Å². The maximum absolute atomic E-state index is 11.6. The summed E-state index contributed by atoms with van der Waals surface area (Å²) in [5.41, 5.74) is 0. The summed E-state index contributed by atoms with van der Waals surface area (Å²) in [5, 5.41) is 6.16. The lowest BCUT2D eigenvalue weighted by Crippen LogP contribution is -2.47. The second-order valence-electron chi connectivity index (χ2n) is 3.73. The van der Waals surface area contributed by atoms with Crippen molar-refractivity contribution in [1.29, 1.82) is 0 Å². The Morgan fingerprint density at radius 2 is 2.47 bits per heavy atom. The molecule has 0 aromatic rings. The van der Waals surface area contributed by atoms with Gasteiger partial charge in [-0.15, -0.1) is 0 Å². The summed E-state index contributed by atoms with van der Waals surface area (Å²) < 4.78 is 4.87. The molecule has 1 saturated heterocycles. The van der Waals surface area contributed by atoms with E-state index in [1.165, 1.54) is 12.2 Å². The van der Waals surface area contributed by atoms with Crippen molar-refractivity contribution < 1.29 is 9.53 Å². The zero-order chi connectivity index (χ0) is 11.1. The standard InChI is InChI=1S/C10H20N2O2S/c1-8(10(13)11-4-5-14-2)12-9-3-6-15-7-9/h8-9,12H,3-7H2,1-2H3,(H,11,13). The maximum Gasteiger partial charge on any atom is 0.236 e. The van der Waals surface area contributed by atoms with E-state index in [2.05, 4.69) is 10.6 Å². The summed E-state index contributed by atoms with van der Waals surface area (Å²) in [5.74, 6) is 2.38. The van der Waals surface area contributed by atoms with E-state index in [4.69, 9.17) is 4.74 Å². The van der Waals surface area contributed by atoms with Crippen LogP contribution in [0.3, 0.4) is 0 Å². The Labute approximate surface area is 95.5 Å². The van der Waals surface area contributed by atoms with Crippen LogP contribution in [0.2, 0.25) is 0 Å². The largest absolute Gasteiger partial charge is 0.383 e. The average molecular weight is 232 g/mol. The number of rotatable bonds is 6. The topological polar surface area (TPSA) is 50.4 Å². The number of carbonyl (C=O) groups excluding carboxylic acids is 1. The van der Waals surface area contributed by atoms with Crippen molar-refractivity contribution in [2.24, 2.45) is 0 Å². The van der Waals surface area contributed by atoms with E-state index in [0.29, 0.717) is 19.2 Å². The molecule has 0 aliphatic carbocycles. The summed E-state index contributed by atoms with van der Waals surface area (Å²) in [6.07, 6.45) is 1.17. The Balaban J connectivity index is 2.14. The Morgan fingerprint density at radius 3 is 3.07 bits per heavy atom. The minimum atomic E-state index is -0.106. The molecule has 1 aliphatic rings. The second-order valence-corrected chi connectivity index (χ2v) is 4.88. The summed E-state index contributed by atoms with van der Waals surface area (Å²) in [7, 11) is 1.63. The predicted octanol–water partition coefficient (Wildman–Crippen LogP) is 0.233. The molecule has 0 aromatic carbocycles. The third kappa shape index (κ3) is 4.86. The number of methoxy groups -OCH3 is 1. The first-order valence-corrected chi connectivity index (χ1v) is 6.50. The van der Waals surface area contributed by atoms with Crippen LogP contribution >= 0.6 is 11.8 Å². The Bertz CT molecular complexity index is 196. The quantitative estimate of drug-likeness (QED) is 0.644.